The van der Waals surface area contributed by atoms with Crippen molar-refractivity contribution in [2.75, 3.05) is 19.0 Å². The second-order valence-corrected chi connectivity index (χ2v) is 12.9. The van der Waals surface area contributed by atoms with Gasteiger partial charge in [0.05, 0.1) is 12.3 Å². The predicted octanol–water partition coefficient (Wildman–Crippen LogP) is 9.20. The van der Waals surface area contributed by atoms with Gasteiger partial charge in [-0.25, -0.2) is 8.78 Å². The van der Waals surface area contributed by atoms with Gasteiger partial charge in [0.1, 0.15) is 12.3 Å². The van der Waals surface area contributed by atoms with E-state index in [0.29, 0.717) is 43.3 Å². The fourth-order valence-electron chi connectivity index (χ4n) is 4.95. The maximum atomic E-state index is 14.1. The van der Waals surface area contributed by atoms with Crippen LogP contribution < -0.4 is 0 Å². The summed E-state index contributed by atoms with van der Waals surface area (Å²) in [5.74, 6) is 0.190. The zero-order valence-electron chi connectivity index (χ0n) is 29.4. The Morgan fingerprint density at radius 2 is 1.62 bits per heavy atom. The maximum absolute atomic E-state index is 14.1. The van der Waals surface area contributed by atoms with Crippen molar-refractivity contribution in [2.45, 2.75) is 65.2 Å². The van der Waals surface area contributed by atoms with Crippen LogP contribution in [0.2, 0.25) is 0 Å². The number of carbonyl (C=O) groups is 2. The summed E-state index contributed by atoms with van der Waals surface area (Å²) in [6, 6.07) is 22.2. The summed E-state index contributed by atoms with van der Waals surface area (Å²) in [7, 11) is 0. The molecule has 0 saturated carbocycles. The molecular weight excluding hydrogens is 651 g/mol. The van der Waals surface area contributed by atoms with Gasteiger partial charge in [-0.2, -0.15) is 5.10 Å². The first-order valence-electron chi connectivity index (χ1n) is 16.5. The van der Waals surface area contributed by atoms with E-state index in [1.807, 2.05) is 63.3 Å². The maximum Gasteiger partial charge on any atom is 0.270 e. The molecule has 0 unspecified atom stereocenters. The Morgan fingerprint density at radius 3 is 2.18 bits per heavy atom. The summed E-state index contributed by atoms with van der Waals surface area (Å²) in [5, 5.41) is 6.30. The highest BCUT2D eigenvalue weighted by atomic mass is 32.2. The molecular formula is C41H46F2N4O2S. The summed E-state index contributed by atoms with van der Waals surface area (Å²) in [5.41, 5.74) is 5.95. The van der Waals surface area contributed by atoms with Crippen LogP contribution in [0.15, 0.2) is 107 Å². The van der Waals surface area contributed by atoms with Gasteiger partial charge in [0, 0.05) is 43.4 Å². The van der Waals surface area contributed by atoms with E-state index in [9.17, 15) is 18.4 Å². The Hall–Kier alpha value is -4.81. The molecule has 0 saturated heterocycles. The summed E-state index contributed by atoms with van der Waals surface area (Å²) in [6.45, 7) is 11.0. The lowest BCUT2D eigenvalue weighted by Crippen LogP contribution is -2.39. The number of hydrazone groups is 1. The van der Waals surface area contributed by atoms with Crippen molar-refractivity contribution in [3.63, 3.8) is 0 Å². The van der Waals surface area contributed by atoms with Crippen LogP contribution in [0.1, 0.15) is 62.3 Å². The number of hydrogen-bond acceptors (Lipinski definition) is 6. The second-order valence-electron chi connectivity index (χ2n) is 11.9. The number of amides is 1. The standard InChI is InChI=1S/C41H46F2N4O2S/c1-7-10-12-37(44-6)25-26-46(27-32-17-19-34(20-18-32)35-21-23-36(24-22-35)41(5,42)43)40(49)28-47(45-38(9-3)39(48)11-8-2)30-50-29-33-15-13-31(4)14-16-33/h2,7,10,12-24H,6,9,11,25-30H2,1,3-5H3/b10-7-,37-12-,45-38-. The topological polar surface area (TPSA) is 65.3 Å². The van der Waals surface area contributed by atoms with Gasteiger partial charge in [-0.15, -0.1) is 18.2 Å². The number of ketones is 1. The van der Waals surface area contributed by atoms with Gasteiger partial charge in [-0.1, -0.05) is 103 Å². The molecule has 0 aromatic heterocycles. The van der Waals surface area contributed by atoms with E-state index in [2.05, 4.69) is 47.0 Å². The lowest BCUT2D eigenvalue weighted by molar-refractivity contribution is -0.132. The quantitative estimate of drug-likeness (QED) is 0.0412. The van der Waals surface area contributed by atoms with Crippen molar-refractivity contribution < 1.29 is 18.4 Å². The number of aryl methyl sites for hydroxylation is 1. The fourth-order valence-corrected chi connectivity index (χ4v) is 5.83. The molecule has 3 rings (SSSR count). The second kappa shape index (κ2) is 20.0. The molecule has 0 N–H and O–H groups in total. The minimum absolute atomic E-state index is 0.0396. The smallest absolute Gasteiger partial charge is 0.270 e. The van der Waals surface area contributed by atoms with Crippen molar-refractivity contribution in [3.05, 3.63) is 119 Å². The Labute approximate surface area is 300 Å². The number of nitrogens with zero attached hydrogens (tertiary/aromatic N) is 4. The Bertz CT molecular complexity index is 1700. The highest BCUT2D eigenvalue weighted by Crippen LogP contribution is 2.29. The van der Waals surface area contributed by atoms with Crippen molar-refractivity contribution >= 4 is 35.9 Å². The van der Waals surface area contributed by atoms with Gasteiger partial charge < -0.3 is 4.90 Å². The first kappa shape index (κ1) is 39.6. The van der Waals surface area contributed by atoms with Crippen molar-refractivity contribution in [1.29, 1.82) is 0 Å². The molecule has 0 aliphatic rings. The molecule has 1 amide bonds. The minimum atomic E-state index is -2.91. The molecule has 0 bridgehead atoms. The van der Waals surface area contributed by atoms with E-state index in [-0.39, 0.29) is 30.2 Å². The van der Waals surface area contributed by atoms with E-state index >= 15 is 0 Å². The van der Waals surface area contributed by atoms with Gasteiger partial charge in [0.2, 0.25) is 5.91 Å². The van der Waals surface area contributed by atoms with E-state index < -0.39 is 5.92 Å². The lowest BCUT2D eigenvalue weighted by atomic mass is 10.0. The Balaban J connectivity index is 1.86. The number of allylic oxidation sites excluding steroid dienone is 3. The molecule has 0 fully saturated rings. The summed E-state index contributed by atoms with van der Waals surface area (Å²) < 4.78 is 27.4. The van der Waals surface area contributed by atoms with Gasteiger partial charge in [-0.05, 0) is 55.3 Å². The van der Waals surface area contributed by atoms with Gasteiger partial charge >= 0.3 is 0 Å². The van der Waals surface area contributed by atoms with Gasteiger partial charge in [0.25, 0.3) is 5.92 Å². The molecule has 3 aromatic carbocycles. The van der Waals surface area contributed by atoms with Crippen LogP contribution in [0.25, 0.3) is 11.1 Å². The van der Waals surface area contributed by atoms with E-state index in [1.165, 1.54) is 17.7 Å². The van der Waals surface area contributed by atoms with Crippen molar-refractivity contribution in [1.82, 2.24) is 9.91 Å². The fraction of sp³-hybridized carbons (Fsp3) is 0.317. The molecule has 6 nitrogen and oxygen atoms in total. The normalized spacial score (nSPS) is 12.1. The predicted molar refractivity (Wildman–Crippen MR) is 204 cm³/mol. The lowest BCUT2D eigenvalue weighted by Gasteiger charge is -2.27. The zero-order chi connectivity index (χ0) is 36.5. The highest BCUT2D eigenvalue weighted by molar-refractivity contribution is 7.98. The average molecular weight is 697 g/mol. The van der Waals surface area contributed by atoms with Crippen LogP contribution in [-0.2, 0) is 27.8 Å². The molecule has 0 atom stereocenters. The van der Waals surface area contributed by atoms with Crippen molar-refractivity contribution in [3.8, 4) is 23.5 Å². The molecule has 9 heteroatoms. The van der Waals surface area contributed by atoms with Crippen LogP contribution in [-0.4, -0.2) is 53.0 Å². The molecule has 0 aliphatic heterocycles. The molecule has 0 aliphatic carbocycles. The minimum Gasteiger partial charge on any atom is -0.336 e. The number of Topliss-reactive ketones (excluding diaryl/α,β-unsaturated/α-hetero) is 1. The number of terminal acetylenes is 1. The molecule has 262 valence electrons. The molecule has 0 spiro atoms. The third kappa shape index (κ3) is 12.9. The van der Waals surface area contributed by atoms with Gasteiger partial charge in [0.15, 0.2) is 5.78 Å². The SMILES string of the molecule is C#CCC(=O)/C(CC)=N\N(CSCc1ccc(C)cc1)CC(=O)N(CC/C(=C/C=C\C)N=C)Cc1ccc(-c2ccc(C(C)(F)F)cc2)cc1. The highest BCUT2D eigenvalue weighted by Gasteiger charge is 2.24. The largest absolute Gasteiger partial charge is 0.336 e. The number of hydrogen-bond donors (Lipinski definition) is 0. The van der Waals surface area contributed by atoms with E-state index in [0.717, 1.165) is 34.9 Å². The molecule has 50 heavy (non-hydrogen) atoms. The summed E-state index contributed by atoms with van der Waals surface area (Å²) in [6.07, 6.45) is 11.9. The van der Waals surface area contributed by atoms with Crippen LogP contribution in [0.5, 0.6) is 0 Å². The first-order chi connectivity index (χ1) is 24.0. The number of halogens is 2. The van der Waals surface area contributed by atoms with E-state index in [1.54, 1.807) is 33.8 Å². The number of thioether (sulfide) groups is 1. The average Bonchev–Trinajstić information content (AvgIpc) is 3.10. The molecule has 0 radical (unpaired) electrons. The molecule has 0 heterocycles. The Morgan fingerprint density at radius 1 is 1.00 bits per heavy atom. The number of carbonyl (C=O) groups excluding carboxylic acids is 2. The van der Waals surface area contributed by atoms with Crippen LogP contribution in [0.4, 0.5) is 8.78 Å². The van der Waals surface area contributed by atoms with Crippen molar-refractivity contribution in [2.24, 2.45) is 10.1 Å². The Kier molecular flexibility index (Phi) is 15.9. The number of rotatable bonds is 19. The third-order valence-corrected chi connectivity index (χ3v) is 8.87. The van der Waals surface area contributed by atoms with Crippen LogP contribution in [0, 0.1) is 19.3 Å². The summed E-state index contributed by atoms with van der Waals surface area (Å²) >= 11 is 1.60. The number of alkyl halides is 2. The first-order valence-corrected chi connectivity index (χ1v) is 17.7. The van der Waals surface area contributed by atoms with E-state index in [4.69, 9.17) is 6.42 Å². The van der Waals surface area contributed by atoms with Gasteiger partial charge in [-0.3, -0.25) is 19.6 Å². The number of benzene rings is 3. The summed E-state index contributed by atoms with van der Waals surface area (Å²) in [4.78, 5) is 32.7. The van der Waals surface area contributed by atoms with Crippen LogP contribution >= 0.6 is 11.8 Å². The third-order valence-electron chi connectivity index (χ3n) is 7.86. The molecule has 3 aromatic rings. The zero-order valence-corrected chi connectivity index (χ0v) is 30.2. The number of aliphatic imine (C=N–C) groups is 1. The van der Waals surface area contributed by atoms with Crippen LogP contribution in [0.3, 0.4) is 0 Å². The monoisotopic (exact) mass is 696 g/mol.